The first-order valence-electron chi connectivity index (χ1n) is 9.35. The van der Waals surface area contributed by atoms with E-state index in [1.54, 1.807) is 16.6 Å². The molecule has 0 spiro atoms. The topological polar surface area (TPSA) is 80.4 Å². The molecule has 144 valence electrons. The molecule has 0 bridgehead atoms. The van der Waals surface area contributed by atoms with Gasteiger partial charge in [-0.15, -0.1) is 10.2 Å². The smallest absolute Gasteiger partial charge is 0.185 e. The van der Waals surface area contributed by atoms with Crippen molar-refractivity contribution >= 4 is 23.0 Å². The zero-order chi connectivity index (χ0) is 20.1. The van der Waals surface area contributed by atoms with E-state index in [1.807, 2.05) is 43.3 Å². The van der Waals surface area contributed by atoms with E-state index < -0.39 is 0 Å². The number of phenolic OH excluding ortho intramolecular Hbond substituents is 1. The number of ketones is 1. The molecule has 0 aliphatic heterocycles. The van der Waals surface area contributed by atoms with Gasteiger partial charge in [0, 0.05) is 17.4 Å². The molecule has 6 nitrogen and oxygen atoms in total. The summed E-state index contributed by atoms with van der Waals surface area (Å²) in [5.74, 6) is -0.0302. The van der Waals surface area contributed by atoms with Crippen LogP contribution in [-0.4, -0.2) is 30.7 Å². The zero-order valence-corrected chi connectivity index (χ0v) is 16.4. The molecule has 0 radical (unpaired) electrons. The Morgan fingerprint density at radius 1 is 1.10 bits per heavy atom. The van der Waals surface area contributed by atoms with E-state index in [1.165, 1.54) is 0 Å². The van der Waals surface area contributed by atoms with Crippen molar-refractivity contribution in [3.05, 3.63) is 76.2 Å². The zero-order valence-electron chi connectivity index (χ0n) is 15.6. The van der Waals surface area contributed by atoms with Crippen LogP contribution < -0.4 is 0 Å². The quantitative estimate of drug-likeness (QED) is 0.536. The van der Waals surface area contributed by atoms with Gasteiger partial charge < -0.3 is 5.11 Å². The van der Waals surface area contributed by atoms with Crippen LogP contribution in [0.2, 0.25) is 5.02 Å². The Bertz CT molecular complexity index is 1280. The standard InChI is InChI=1S/C22H17ClN4O2/c1-12-20(13-5-4-6-15(23)9-13)22-25-24-21-17(27(22)26-12)10-14(11-19(21)29)16-7-2-3-8-18(16)28/h2-9,14,28H,10-11H2,1H3/t14-/m0/s1. The molecule has 5 rings (SSSR count). The fourth-order valence-corrected chi connectivity index (χ4v) is 4.30. The molecule has 1 aliphatic rings. The van der Waals surface area contributed by atoms with Crippen LogP contribution in [0.3, 0.4) is 0 Å². The van der Waals surface area contributed by atoms with Crippen molar-refractivity contribution < 1.29 is 9.90 Å². The average Bonchev–Trinajstić information content (AvgIpc) is 3.04. The van der Waals surface area contributed by atoms with Crippen LogP contribution >= 0.6 is 11.6 Å². The minimum absolute atomic E-state index is 0.0913. The van der Waals surface area contributed by atoms with Crippen molar-refractivity contribution in [2.24, 2.45) is 0 Å². The van der Waals surface area contributed by atoms with Crippen molar-refractivity contribution in [2.75, 3.05) is 0 Å². The van der Waals surface area contributed by atoms with Crippen LogP contribution in [0.1, 0.15) is 39.8 Å². The number of fused-ring (bicyclic) bond motifs is 3. The molecule has 1 atom stereocenters. The largest absolute Gasteiger partial charge is 0.508 e. The van der Waals surface area contributed by atoms with Crippen LogP contribution in [0.25, 0.3) is 16.8 Å². The molecule has 29 heavy (non-hydrogen) atoms. The highest BCUT2D eigenvalue weighted by Crippen LogP contribution is 2.37. The lowest BCUT2D eigenvalue weighted by Gasteiger charge is -2.23. The number of Topliss-reactive ketones (excluding diaryl/α,β-unsaturated/α-hetero) is 1. The maximum atomic E-state index is 12.8. The molecule has 0 fully saturated rings. The normalized spacial score (nSPS) is 16.2. The summed E-state index contributed by atoms with van der Waals surface area (Å²) in [6.07, 6.45) is 0.826. The SMILES string of the molecule is Cc1nn2c3c(nnc2c1-c1cccc(Cl)c1)C(=O)C[C@@H](c1ccccc1O)C3. The van der Waals surface area contributed by atoms with Gasteiger partial charge in [-0.3, -0.25) is 4.79 Å². The number of para-hydroxylation sites is 1. The molecule has 2 aromatic heterocycles. The fraction of sp³-hybridized carbons (Fsp3) is 0.182. The van der Waals surface area contributed by atoms with Gasteiger partial charge in [-0.1, -0.05) is 41.9 Å². The van der Waals surface area contributed by atoms with Crippen LogP contribution in [0.5, 0.6) is 5.75 Å². The predicted octanol–water partition coefficient (Wildman–Crippen LogP) is 4.37. The molecule has 0 saturated heterocycles. The first-order chi connectivity index (χ1) is 14.0. The predicted molar refractivity (Wildman–Crippen MR) is 109 cm³/mol. The first-order valence-corrected chi connectivity index (χ1v) is 9.72. The Balaban J connectivity index is 1.68. The lowest BCUT2D eigenvalue weighted by atomic mass is 9.83. The van der Waals surface area contributed by atoms with Gasteiger partial charge in [-0.25, -0.2) is 4.52 Å². The Hall–Kier alpha value is -3.25. The molecule has 0 saturated carbocycles. The Labute approximate surface area is 171 Å². The van der Waals surface area contributed by atoms with Gasteiger partial charge in [-0.2, -0.15) is 5.10 Å². The second-order valence-electron chi connectivity index (χ2n) is 7.29. The van der Waals surface area contributed by atoms with E-state index in [2.05, 4.69) is 15.3 Å². The number of hydrogen-bond acceptors (Lipinski definition) is 5. The van der Waals surface area contributed by atoms with Gasteiger partial charge in [0.05, 0.1) is 17.0 Å². The maximum absolute atomic E-state index is 12.8. The summed E-state index contributed by atoms with van der Waals surface area (Å²) in [6, 6.07) is 14.6. The van der Waals surface area contributed by atoms with E-state index in [0.717, 1.165) is 28.1 Å². The molecular formula is C22H17ClN4O2. The number of carbonyl (C=O) groups excluding carboxylic acids is 1. The highest BCUT2D eigenvalue weighted by Gasteiger charge is 2.32. The number of nitrogens with zero attached hydrogens (tertiary/aromatic N) is 4. The molecule has 1 aliphatic carbocycles. The van der Waals surface area contributed by atoms with E-state index in [0.29, 0.717) is 22.8 Å². The summed E-state index contributed by atoms with van der Waals surface area (Å²) in [7, 11) is 0. The number of aromatic hydroxyl groups is 1. The van der Waals surface area contributed by atoms with Crippen molar-refractivity contribution in [2.45, 2.75) is 25.7 Å². The minimum atomic E-state index is -0.136. The number of hydrogen-bond donors (Lipinski definition) is 1. The minimum Gasteiger partial charge on any atom is -0.508 e. The maximum Gasteiger partial charge on any atom is 0.185 e. The molecule has 0 unspecified atom stereocenters. The summed E-state index contributed by atoms with van der Waals surface area (Å²) in [4.78, 5) is 12.8. The lowest BCUT2D eigenvalue weighted by molar-refractivity contribution is 0.0955. The van der Waals surface area contributed by atoms with Gasteiger partial charge >= 0.3 is 0 Å². The van der Waals surface area contributed by atoms with E-state index in [9.17, 15) is 9.90 Å². The Morgan fingerprint density at radius 2 is 1.93 bits per heavy atom. The highest BCUT2D eigenvalue weighted by molar-refractivity contribution is 6.30. The van der Waals surface area contributed by atoms with Crippen LogP contribution in [0.4, 0.5) is 0 Å². The summed E-state index contributed by atoms with van der Waals surface area (Å²) in [6.45, 7) is 1.91. The molecular weight excluding hydrogens is 388 g/mol. The number of rotatable bonds is 2. The number of phenols is 1. The van der Waals surface area contributed by atoms with Crippen molar-refractivity contribution in [1.82, 2.24) is 19.8 Å². The third kappa shape index (κ3) is 2.87. The summed E-state index contributed by atoms with van der Waals surface area (Å²) in [5, 5.41) is 24.1. The number of carbonyl (C=O) groups is 1. The van der Waals surface area contributed by atoms with Gasteiger partial charge in [0.2, 0.25) is 0 Å². The van der Waals surface area contributed by atoms with Gasteiger partial charge in [0.1, 0.15) is 5.75 Å². The second-order valence-corrected chi connectivity index (χ2v) is 7.73. The average molecular weight is 405 g/mol. The van der Waals surface area contributed by atoms with Crippen molar-refractivity contribution in [1.29, 1.82) is 0 Å². The first kappa shape index (κ1) is 17.8. The third-order valence-electron chi connectivity index (χ3n) is 5.44. The van der Waals surface area contributed by atoms with E-state index in [-0.39, 0.29) is 23.9 Å². The van der Waals surface area contributed by atoms with Crippen LogP contribution in [-0.2, 0) is 6.42 Å². The third-order valence-corrected chi connectivity index (χ3v) is 5.67. The Morgan fingerprint density at radius 3 is 2.72 bits per heavy atom. The van der Waals surface area contributed by atoms with E-state index >= 15 is 0 Å². The molecule has 1 N–H and O–H groups in total. The van der Waals surface area contributed by atoms with E-state index in [4.69, 9.17) is 11.6 Å². The number of benzene rings is 2. The molecule has 7 heteroatoms. The highest BCUT2D eigenvalue weighted by atomic mass is 35.5. The van der Waals surface area contributed by atoms with Crippen molar-refractivity contribution in [3.63, 3.8) is 0 Å². The van der Waals surface area contributed by atoms with Crippen LogP contribution in [0.15, 0.2) is 48.5 Å². The monoisotopic (exact) mass is 404 g/mol. The number of aromatic nitrogens is 4. The lowest BCUT2D eigenvalue weighted by Crippen LogP contribution is -2.24. The Kier molecular flexibility index (Phi) is 4.10. The van der Waals surface area contributed by atoms with Crippen LogP contribution in [0, 0.1) is 6.92 Å². The second kappa shape index (κ2) is 6.67. The van der Waals surface area contributed by atoms with Crippen molar-refractivity contribution in [3.8, 4) is 16.9 Å². The number of aryl methyl sites for hydroxylation is 1. The van der Waals surface area contributed by atoms with Gasteiger partial charge in [0.25, 0.3) is 0 Å². The molecule has 2 heterocycles. The van der Waals surface area contributed by atoms with Gasteiger partial charge in [-0.05, 0) is 42.7 Å². The molecule has 4 aromatic rings. The number of halogens is 1. The summed E-state index contributed by atoms with van der Waals surface area (Å²) < 4.78 is 1.72. The fourth-order valence-electron chi connectivity index (χ4n) is 4.11. The van der Waals surface area contributed by atoms with Gasteiger partial charge in [0.15, 0.2) is 17.1 Å². The summed E-state index contributed by atoms with van der Waals surface area (Å²) >= 11 is 6.17. The summed E-state index contributed by atoms with van der Waals surface area (Å²) in [5.41, 5.74) is 4.95. The molecule has 0 amide bonds. The molecule has 2 aromatic carbocycles.